The Balaban J connectivity index is 1.56. The molecule has 0 fully saturated rings. The molecule has 0 radical (unpaired) electrons. The van der Waals surface area contributed by atoms with Crippen LogP contribution >= 0.6 is 0 Å². The van der Waals surface area contributed by atoms with Crippen LogP contribution in [0.3, 0.4) is 0 Å². The number of hydrogen-bond acceptors (Lipinski definition) is 5. The molecule has 3 aromatic rings. The van der Waals surface area contributed by atoms with Crippen molar-refractivity contribution in [3.8, 4) is 22.8 Å². The molecule has 164 valence electrons. The summed E-state index contributed by atoms with van der Waals surface area (Å²) in [5.41, 5.74) is 4.38. The van der Waals surface area contributed by atoms with E-state index in [1.807, 2.05) is 38.1 Å². The number of carbonyl (C=O) groups excluding carboxylic acids is 1. The second kappa shape index (κ2) is 10.2. The number of nitrogens with zero attached hydrogens (tertiary/aromatic N) is 1. The Morgan fingerprint density at radius 3 is 2.65 bits per heavy atom. The molecule has 0 saturated carbocycles. The van der Waals surface area contributed by atoms with E-state index in [9.17, 15) is 4.79 Å². The molecule has 0 bridgehead atoms. The summed E-state index contributed by atoms with van der Waals surface area (Å²) >= 11 is 0. The summed E-state index contributed by atoms with van der Waals surface area (Å²) in [5, 5.41) is 3.02. The molecule has 3 rings (SSSR count). The van der Waals surface area contributed by atoms with Gasteiger partial charge in [0.15, 0.2) is 23.1 Å². The van der Waals surface area contributed by atoms with Gasteiger partial charge in [-0.25, -0.2) is 4.98 Å². The van der Waals surface area contributed by atoms with Gasteiger partial charge in [0, 0.05) is 18.4 Å². The van der Waals surface area contributed by atoms with Crippen molar-refractivity contribution in [2.75, 3.05) is 13.7 Å². The highest BCUT2D eigenvalue weighted by Gasteiger charge is 2.14. The van der Waals surface area contributed by atoms with Crippen molar-refractivity contribution >= 4 is 5.91 Å². The van der Waals surface area contributed by atoms with Gasteiger partial charge >= 0.3 is 0 Å². The Labute approximate surface area is 183 Å². The van der Waals surface area contributed by atoms with Gasteiger partial charge < -0.3 is 19.2 Å². The Bertz CT molecular complexity index is 1040. The van der Waals surface area contributed by atoms with E-state index in [1.54, 1.807) is 13.3 Å². The second-order valence-corrected chi connectivity index (χ2v) is 7.55. The Hall–Kier alpha value is -3.28. The van der Waals surface area contributed by atoms with Crippen molar-refractivity contribution < 1.29 is 18.7 Å². The lowest BCUT2D eigenvalue weighted by Gasteiger charge is -2.17. The average molecular weight is 423 g/mol. The molecule has 1 heterocycles. The molecule has 0 saturated heterocycles. The highest BCUT2D eigenvalue weighted by Crippen LogP contribution is 2.30. The van der Waals surface area contributed by atoms with Crippen molar-refractivity contribution in [1.29, 1.82) is 0 Å². The topological polar surface area (TPSA) is 73.6 Å². The van der Waals surface area contributed by atoms with Gasteiger partial charge in [-0.3, -0.25) is 4.79 Å². The van der Waals surface area contributed by atoms with Crippen molar-refractivity contribution in [1.82, 2.24) is 10.3 Å². The number of amides is 1. The van der Waals surface area contributed by atoms with Crippen LogP contribution in [0.4, 0.5) is 0 Å². The maximum atomic E-state index is 12.4. The summed E-state index contributed by atoms with van der Waals surface area (Å²) in [6.45, 7) is 8.58. The van der Waals surface area contributed by atoms with Crippen LogP contribution in [0.25, 0.3) is 11.3 Å². The number of aromatic nitrogens is 1. The smallest absolute Gasteiger partial charge is 0.220 e. The normalized spacial score (nSPS) is 11.8. The van der Waals surface area contributed by atoms with Crippen LogP contribution in [0.2, 0.25) is 0 Å². The van der Waals surface area contributed by atoms with Crippen LogP contribution in [0.15, 0.2) is 47.0 Å². The van der Waals surface area contributed by atoms with E-state index in [0.717, 1.165) is 11.1 Å². The molecule has 1 N–H and O–H groups in total. The van der Waals surface area contributed by atoms with Gasteiger partial charge in [-0.05, 0) is 62.6 Å². The Morgan fingerprint density at radius 2 is 1.94 bits per heavy atom. The molecule has 6 nitrogen and oxygen atoms in total. The molecule has 1 aromatic heterocycles. The van der Waals surface area contributed by atoms with E-state index in [0.29, 0.717) is 42.6 Å². The van der Waals surface area contributed by atoms with Gasteiger partial charge in [-0.2, -0.15) is 0 Å². The highest BCUT2D eigenvalue weighted by atomic mass is 16.5. The minimum atomic E-state index is -0.160. The monoisotopic (exact) mass is 422 g/mol. The maximum Gasteiger partial charge on any atom is 0.220 e. The number of rotatable bonds is 9. The van der Waals surface area contributed by atoms with Crippen LogP contribution in [0.5, 0.6) is 11.5 Å². The zero-order valence-corrected chi connectivity index (χ0v) is 18.8. The summed E-state index contributed by atoms with van der Waals surface area (Å²) in [4.78, 5) is 16.8. The summed E-state index contributed by atoms with van der Waals surface area (Å²) < 4.78 is 16.8. The zero-order valence-electron chi connectivity index (χ0n) is 18.8. The number of oxazole rings is 1. The van der Waals surface area contributed by atoms with E-state index < -0.39 is 0 Å². The minimum absolute atomic E-state index is 0.0636. The van der Waals surface area contributed by atoms with Crippen LogP contribution in [0.1, 0.15) is 48.9 Å². The van der Waals surface area contributed by atoms with E-state index in [4.69, 9.17) is 13.9 Å². The summed E-state index contributed by atoms with van der Waals surface area (Å²) in [5.74, 6) is 2.55. The molecule has 0 spiro atoms. The lowest BCUT2D eigenvalue weighted by molar-refractivity contribution is -0.121. The molecule has 1 amide bonds. The molecule has 1 atom stereocenters. The predicted octanol–water partition coefficient (Wildman–Crippen LogP) is 5.18. The third-order valence-electron chi connectivity index (χ3n) is 5.28. The van der Waals surface area contributed by atoms with E-state index in [1.165, 1.54) is 11.1 Å². The van der Waals surface area contributed by atoms with Crippen LogP contribution in [-0.4, -0.2) is 24.6 Å². The number of nitrogens with one attached hydrogen (secondary N) is 1. The number of benzene rings is 2. The lowest BCUT2D eigenvalue weighted by Crippen LogP contribution is -2.26. The number of aryl methyl sites for hydroxylation is 3. The SMILES string of the molecule is CCOc1ccc([C@@H](C)NC(=O)CCc2ncc(-c3ccc(C)c(C)c3)o2)cc1OC. The van der Waals surface area contributed by atoms with Gasteiger partial charge in [0.2, 0.25) is 5.91 Å². The number of ether oxygens (including phenoxy) is 2. The van der Waals surface area contributed by atoms with E-state index in [-0.39, 0.29) is 11.9 Å². The predicted molar refractivity (Wildman–Crippen MR) is 120 cm³/mol. The van der Waals surface area contributed by atoms with Gasteiger partial charge in [0.05, 0.1) is 26.0 Å². The quantitative estimate of drug-likeness (QED) is 0.515. The first-order valence-electron chi connectivity index (χ1n) is 10.5. The molecule has 0 unspecified atom stereocenters. The molecule has 0 aliphatic rings. The molecular formula is C25H30N2O4. The third kappa shape index (κ3) is 5.66. The molecule has 2 aromatic carbocycles. The van der Waals surface area contributed by atoms with Crippen molar-refractivity contribution in [3.05, 3.63) is 65.2 Å². The number of hydrogen-bond donors (Lipinski definition) is 1. The highest BCUT2D eigenvalue weighted by molar-refractivity contribution is 5.76. The van der Waals surface area contributed by atoms with Gasteiger partial charge in [-0.1, -0.05) is 18.2 Å². The van der Waals surface area contributed by atoms with Crippen LogP contribution in [-0.2, 0) is 11.2 Å². The van der Waals surface area contributed by atoms with Gasteiger partial charge in [-0.15, -0.1) is 0 Å². The molecular weight excluding hydrogens is 392 g/mol. The Kier molecular flexibility index (Phi) is 7.34. The minimum Gasteiger partial charge on any atom is -0.493 e. The fourth-order valence-corrected chi connectivity index (χ4v) is 3.30. The van der Waals surface area contributed by atoms with Crippen molar-refractivity contribution in [2.24, 2.45) is 0 Å². The summed E-state index contributed by atoms with van der Waals surface area (Å²) in [7, 11) is 1.60. The van der Waals surface area contributed by atoms with E-state index >= 15 is 0 Å². The Morgan fingerprint density at radius 1 is 1.13 bits per heavy atom. The van der Waals surface area contributed by atoms with Gasteiger partial charge in [0.25, 0.3) is 0 Å². The van der Waals surface area contributed by atoms with Crippen LogP contribution < -0.4 is 14.8 Å². The summed E-state index contributed by atoms with van der Waals surface area (Å²) in [6.07, 6.45) is 2.45. The molecule has 31 heavy (non-hydrogen) atoms. The van der Waals surface area contributed by atoms with Crippen molar-refractivity contribution in [2.45, 2.75) is 46.6 Å². The first-order chi connectivity index (χ1) is 14.9. The largest absolute Gasteiger partial charge is 0.493 e. The molecule has 0 aliphatic carbocycles. The maximum absolute atomic E-state index is 12.4. The zero-order chi connectivity index (χ0) is 22.4. The van der Waals surface area contributed by atoms with Crippen LogP contribution in [0, 0.1) is 13.8 Å². The summed E-state index contributed by atoms with van der Waals surface area (Å²) in [6, 6.07) is 11.7. The number of methoxy groups -OCH3 is 1. The third-order valence-corrected chi connectivity index (χ3v) is 5.28. The van der Waals surface area contributed by atoms with Crippen molar-refractivity contribution in [3.63, 3.8) is 0 Å². The standard InChI is InChI=1S/C25H30N2O4/c1-6-30-21-10-9-19(14-22(21)29-5)18(4)27-24(28)11-12-25-26-15-23(31-25)20-8-7-16(2)17(3)13-20/h7-10,13-15,18H,6,11-12H2,1-5H3,(H,27,28)/t18-/m1/s1. The first-order valence-corrected chi connectivity index (χ1v) is 10.5. The number of carbonyl (C=O) groups is 1. The molecule has 6 heteroatoms. The molecule has 0 aliphatic heterocycles. The first kappa shape index (κ1) is 22.4. The lowest BCUT2D eigenvalue weighted by atomic mass is 10.1. The van der Waals surface area contributed by atoms with Gasteiger partial charge in [0.1, 0.15) is 0 Å². The average Bonchev–Trinajstić information content (AvgIpc) is 3.23. The fourth-order valence-electron chi connectivity index (χ4n) is 3.30. The second-order valence-electron chi connectivity index (χ2n) is 7.55. The van der Waals surface area contributed by atoms with E-state index in [2.05, 4.69) is 36.3 Å². The fraction of sp³-hybridized carbons (Fsp3) is 0.360.